The van der Waals surface area contributed by atoms with Gasteiger partial charge in [-0.1, -0.05) is 56.7 Å². The van der Waals surface area contributed by atoms with Gasteiger partial charge in [0.15, 0.2) is 6.10 Å². The Morgan fingerprint density at radius 2 is 1.83 bits per heavy atom. The summed E-state index contributed by atoms with van der Waals surface area (Å²) in [6.07, 6.45) is 8.86. The van der Waals surface area contributed by atoms with E-state index in [2.05, 4.69) is 18.3 Å². The van der Waals surface area contributed by atoms with Crippen LogP contribution in [0.3, 0.4) is 0 Å². The number of hydrogen-bond donors (Lipinski definition) is 1. The molecule has 0 heterocycles. The fraction of sp³-hybridized carbons (Fsp3) is 0.650. The molecule has 1 aromatic rings. The average Bonchev–Trinajstić information content (AvgIpc) is 2.49. The largest absolute Gasteiger partial charge is 0.480 e. The van der Waals surface area contributed by atoms with Crippen molar-refractivity contribution in [2.45, 2.75) is 84.3 Å². The monoisotopic (exact) mass is 317 g/mol. The first-order valence-electron chi connectivity index (χ1n) is 9.14. The average molecular weight is 317 g/mol. The van der Waals surface area contributed by atoms with Crippen LogP contribution in [-0.2, 0) is 4.79 Å². The maximum atomic E-state index is 12.6. The highest BCUT2D eigenvalue weighted by atomic mass is 16.5. The number of benzene rings is 1. The van der Waals surface area contributed by atoms with Gasteiger partial charge in [0.2, 0.25) is 0 Å². The highest BCUT2D eigenvalue weighted by Crippen LogP contribution is 2.22. The van der Waals surface area contributed by atoms with E-state index in [9.17, 15) is 4.79 Å². The van der Waals surface area contributed by atoms with Crippen molar-refractivity contribution < 1.29 is 9.53 Å². The minimum absolute atomic E-state index is 0.0399. The van der Waals surface area contributed by atoms with Crippen LogP contribution < -0.4 is 10.1 Å². The Morgan fingerprint density at radius 1 is 1.17 bits per heavy atom. The predicted molar refractivity (Wildman–Crippen MR) is 94.9 cm³/mol. The fourth-order valence-electron chi connectivity index (χ4n) is 3.30. The van der Waals surface area contributed by atoms with Gasteiger partial charge < -0.3 is 10.1 Å². The van der Waals surface area contributed by atoms with Gasteiger partial charge in [0.05, 0.1) is 0 Å². The van der Waals surface area contributed by atoms with Gasteiger partial charge in [-0.15, -0.1) is 0 Å². The van der Waals surface area contributed by atoms with Gasteiger partial charge >= 0.3 is 0 Å². The summed E-state index contributed by atoms with van der Waals surface area (Å²) in [5, 5.41) is 3.22. The first kappa shape index (κ1) is 17.8. The summed E-state index contributed by atoms with van der Waals surface area (Å²) in [5.41, 5.74) is 2.30. The minimum Gasteiger partial charge on any atom is -0.480 e. The van der Waals surface area contributed by atoms with E-state index in [1.165, 1.54) is 37.7 Å². The molecule has 1 saturated carbocycles. The lowest BCUT2D eigenvalue weighted by Gasteiger charge is -2.24. The lowest BCUT2D eigenvalue weighted by Crippen LogP contribution is -2.43. The minimum atomic E-state index is -0.401. The van der Waals surface area contributed by atoms with E-state index in [1.807, 2.05) is 26.0 Å². The second-order valence-corrected chi connectivity index (χ2v) is 6.83. The highest BCUT2D eigenvalue weighted by molar-refractivity contribution is 5.81. The molecule has 1 atom stereocenters. The number of ether oxygens (including phenoxy) is 1. The van der Waals surface area contributed by atoms with Crippen LogP contribution in [0.2, 0.25) is 0 Å². The molecule has 0 aliphatic heterocycles. The molecule has 1 amide bonds. The van der Waals surface area contributed by atoms with Crippen LogP contribution in [-0.4, -0.2) is 18.1 Å². The Morgan fingerprint density at radius 3 is 2.43 bits per heavy atom. The summed E-state index contributed by atoms with van der Waals surface area (Å²) in [6, 6.07) is 6.41. The van der Waals surface area contributed by atoms with E-state index in [1.54, 1.807) is 0 Å². The summed E-state index contributed by atoms with van der Waals surface area (Å²) >= 11 is 0. The number of carbonyl (C=O) groups is 1. The van der Waals surface area contributed by atoms with Gasteiger partial charge in [0, 0.05) is 6.04 Å². The molecule has 0 aromatic heterocycles. The third-order valence-electron chi connectivity index (χ3n) is 4.71. The molecule has 0 saturated heterocycles. The second-order valence-electron chi connectivity index (χ2n) is 6.83. The normalized spacial score (nSPS) is 17.9. The maximum absolute atomic E-state index is 12.6. The van der Waals surface area contributed by atoms with Crippen LogP contribution in [0, 0.1) is 13.8 Å². The first-order chi connectivity index (χ1) is 11.1. The Labute approximate surface area is 140 Å². The van der Waals surface area contributed by atoms with Gasteiger partial charge in [0.1, 0.15) is 5.75 Å². The van der Waals surface area contributed by atoms with Crippen molar-refractivity contribution in [3.8, 4) is 5.75 Å². The number of aryl methyl sites for hydroxylation is 2. The van der Waals surface area contributed by atoms with Crippen LogP contribution in [0.5, 0.6) is 5.75 Å². The molecule has 3 nitrogen and oxygen atoms in total. The van der Waals surface area contributed by atoms with Gasteiger partial charge in [0.25, 0.3) is 5.91 Å². The zero-order valence-electron chi connectivity index (χ0n) is 14.9. The predicted octanol–water partition coefficient (Wildman–Crippen LogP) is 4.69. The van der Waals surface area contributed by atoms with Crippen molar-refractivity contribution in [1.82, 2.24) is 5.32 Å². The molecule has 1 aliphatic rings. The van der Waals surface area contributed by atoms with Crippen molar-refractivity contribution in [3.63, 3.8) is 0 Å². The van der Waals surface area contributed by atoms with Gasteiger partial charge in [-0.25, -0.2) is 0 Å². The van der Waals surface area contributed by atoms with Gasteiger partial charge in [-0.2, -0.15) is 0 Å². The second kappa shape index (κ2) is 8.95. The standard InChI is InChI=1S/C20H31NO2/c1-4-18(23-19-13-12-15(2)14-16(19)3)20(22)21-17-10-8-6-5-7-9-11-17/h12-14,17-18H,4-11H2,1-3H3,(H,21,22)/t18-/m0/s1. The van der Waals surface area contributed by atoms with Crippen molar-refractivity contribution in [2.75, 3.05) is 0 Å². The lowest BCUT2D eigenvalue weighted by molar-refractivity contribution is -0.129. The summed E-state index contributed by atoms with van der Waals surface area (Å²) < 4.78 is 6.00. The lowest BCUT2D eigenvalue weighted by atomic mass is 9.96. The molecule has 0 bridgehead atoms. The maximum Gasteiger partial charge on any atom is 0.261 e. The molecule has 1 N–H and O–H groups in total. The van der Waals surface area contributed by atoms with Crippen molar-refractivity contribution in [2.24, 2.45) is 0 Å². The van der Waals surface area contributed by atoms with E-state index in [0.717, 1.165) is 24.2 Å². The summed E-state index contributed by atoms with van der Waals surface area (Å²) in [7, 11) is 0. The third kappa shape index (κ3) is 5.56. The van der Waals surface area contributed by atoms with Crippen LogP contribution >= 0.6 is 0 Å². The van der Waals surface area contributed by atoms with E-state index in [4.69, 9.17) is 4.74 Å². The molecule has 0 spiro atoms. The highest BCUT2D eigenvalue weighted by Gasteiger charge is 2.22. The molecule has 3 heteroatoms. The summed E-state index contributed by atoms with van der Waals surface area (Å²) in [6.45, 7) is 6.10. The van der Waals surface area contributed by atoms with Crippen LogP contribution in [0.1, 0.15) is 69.4 Å². The zero-order chi connectivity index (χ0) is 16.7. The first-order valence-corrected chi connectivity index (χ1v) is 9.14. The van der Waals surface area contributed by atoms with Crippen LogP contribution in [0.25, 0.3) is 0 Å². The Hall–Kier alpha value is -1.51. The molecule has 0 radical (unpaired) electrons. The molecular formula is C20H31NO2. The Balaban J connectivity index is 1.94. The molecule has 1 aromatic carbocycles. The number of amides is 1. The number of carbonyl (C=O) groups excluding carboxylic acids is 1. The van der Waals surface area contributed by atoms with Crippen LogP contribution in [0.4, 0.5) is 0 Å². The van der Waals surface area contributed by atoms with E-state index < -0.39 is 6.10 Å². The fourth-order valence-corrected chi connectivity index (χ4v) is 3.30. The molecule has 128 valence electrons. The number of hydrogen-bond acceptors (Lipinski definition) is 2. The zero-order valence-corrected chi connectivity index (χ0v) is 14.9. The topological polar surface area (TPSA) is 38.3 Å². The van der Waals surface area contributed by atoms with Crippen LogP contribution in [0.15, 0.2) is 18.2 Å². The van der Waals surface area contributed by atoms with Crippen molar-refractivity contribution in [1.29, 1.82) is 0 Å². The molecular weight excluding hydrogens is 286 g/mol. The van der Waals surface area contributed by atoms with Crippen molar-refractivity contribution >= 4 is 5.91 Å². The molecule has 0 unspecified atom stereocenters. The quantitative estimate of drug-likeness (QED) is 0.855. The number of nitrogens with one attached hydrogen (secondary N) is 1. The van der Waals surface area contributed by atoms with E-state index in [0.29, 0.717) is 12.5 Å². The Bertz CT molecular complexity index is 504. The van der Waals surface area contributed by atoms with Gasteiger partial charge in [-0.3, -0.25) is 4.79 Å². The smallest absolute Gasteiger partial charge is 0.261 e. The van der Waals surface area contributed by atoms with E-state index in [-0.39, 0.29) is 5.91 Å². The van der Waals surface area contributed by atoms with E-state index >= 15 is 0 Å². The Kier molecular flexibility index (Phi) is 6.94. The molecule has 1 fully saturated rings. The van der Waals surface area contributed by atoms with Gasteiger partial charge in [-0.05, 0) is 44.7 Å². The SMILES string of the molecule is CC[C@H](Oc1ccc(C)cc1C)C(=O)NC1CCCCCCC1. The molecule has 2 rings (SSSR count). The molecule has 1 aliphatic carbocycles. The van der Waals surface area contributed by atoms with Crippen molar-refractivity contribution in [3.05, 3.63) is 29.3 Å². The summed E-state index contributed by atoms with van der Waals surface area (Å²) in [5.74, 6) is 0.855. The number of rotatable bonds is 5. The summed E-state index contributed by atoms with van der Waals surface area (Å²) in [4.78, 5) is 12.6. The molecule has 23 heavy (non-hydrogen) atoms. The third-order valence-corrected chi connectivity index (χ3v) is 4.71.